The number of aromatic nitrogens is 2. The van der Waals surface area contributed by atoms with E-state index in [9.17, 15) is 9.59 Å². The number of pyridine rings is 1. The number of nitrogens with zero attached hydrogens (tertiary/aromatic N) is 3. The van der Waals surface area contributed by atoms with E-state index in [0.29, 0.717) is 43.2 Å². The molecule has 2 amide bonds. The highest BCUT2D eigenvalue weighted by molar-refractivity contribution is 5.95. The van der Waals surface area contributed by atoms with Gasteiger partial charge in [-0.15, -0.1) is 0 Å². The number of carbonyl (C=O) groups excluding carboxylic acids is 2. The van der Waals surface area contributed by atoms with Gasteiger partial charge in [0.05, 0.1) is 18.2 Å². The van der Waals surface area contributed by atoms with Crippen LogP contribution in [0.15, 0.2) is 36.7 Å². The maximum atomic E-state index is 12.7. The van der Waals surface area contributed by atoms with Crippen molar-refractivity contribution in [2.75, 3.05) is 26.8 Å². The fourth-order valence-electron chi connectivity index (χ4n) is 3.08. The minimum Gasteiger partial charge on any atom is -0.383 e. The minimum atomic E-state index is -0.178. The second kappa shape index (κ2) is 7.48. The summed E-state index contributed by atoms with van der Waals surface area (Å²) in [6.07, 6.45) is 3.55. The second-order valence-corrected chi connectivity index (χ2v) is 6.04. The fourth-order valence-corrected chi connectivity index (χ4v) is 3.08. The Kier molecular flexibility index (Phi) is 5.14. The highest BCUT2D eigenvalue weighted by Gasteiger charge is 2.32. The Bertz CT molecular complexity index is 771. The minimum absolute atomic E-state index is 0.0369. The molecule has 2 aromatic heterocycles. The lowest BCUT2D eigenvalue weighted by Crippen LogP contribution is -2.53. The Labute approximate surface area is 146 Å². The zero-order chi connectivity index (χ0) is 17.8. The van der Waals surface area contributed by atoms with Gasteiger partial charge >= 0.3 is 0 Å². The van der Waals surface area contributed by atoms with Crippen molar-refractivity contribution < 1.29 is 14.3 Å². The lowest BCUT2D eigenvalue weighted by molar-refractivity contribution is 0.0504. The molecule has 0 radical (unpaired) electrons. The summed E-state index contributed by atoms with van der Waals surface area (Å²) in [6.45, 7) is 3.77. The molecule has 0 aromatic carbocycles. The molecule has 7 nitrogen and oxygen atoms in total. The van der Waals surface area contributed by atoms with Gasteiger partial charge in [0.25, 0.3) is 11.8 Å². The van der Waals surface area contributed by atoms with Crippen molar-refractivity contribution in [2.24, 2.45) is 0 Å². The van der Waals surface area contributed by atoms with Crippen molar-refractivity contribution in [1.82, 2.24) is 19.8 Å². The zero-order valence-corrected chi connectivity index (χ0v) is 14.4. The quantitative estimate of drug-likeness (QED) is 0.853. The van der Waals surface area contributed by atoms with E-state index in [0.717, 1.165) is 0 Å². The van der Waals surface area contributed by atoms with Crippen molar-refractivity contribution in [3.05, 3.63) is 53.6 Å². The molecule has 132 valence electrons. The standard InChI is InChI=1S/C18H22N4O3/c1-13-15(5-3-7-19-13)17(23)20-11-14-12-21-8-4-6-16(21)18(24)22(14)9-10-25-2/h3-8,14H,9-12H2,1-2H3,(H,20,23). The lowest BCUT2D eigenvalue weighted by Gasteiger charge is -2.36. The van der Waals surface area contributed by atoms with Gasteiger partial charge in [0.1, 0.15) is 5.69 Å². The molecule has 0 saturated carbocycles. The molecule has 0 aliphatic carbocycles. The summed E-state index contributed by atoms with van der Waals surface area (Å²) in [5.74, 6) is -0.215. The van der Waals surface area contributed by atoms with Gasteiger partial charge in [0, 0.05) is 44.8 Å². The van der Waals surface area contributed by atoms with Gasteiger partial charge in [-0.25, -0.2) is 0 Å². The van der Waals surface area contributed by atoms with Crippen molar-refractivity contribution in [1.29, 1.82) is 0 Å². The first-order valence-corrected chi connectivity index (χ1v) is 8.26. The van der Waals surface area contributed by atoms with Crippen LogP contribution in [0.1, 0.15) is 26.5 Å². The van der Waals surface area contributed by atoms with E-state index >= 15 is 0 Å². The van der Waals surface area contributed by atoms with Gasteiger partial charge in [-0.3, -0.25) is 14.6 Å². The van der Waals surface area contributed by atoms with Crippen LogP contribution in [0.2, 0.25) is 0 Å². The van der Waals surface area contributed by atoms with Crippen LogP contribution in [0.4, 0.5) is 0 Å². The molecule has 0 bridgehead atoms. The summed E-state index contributed by atoms with van der Waals surface area (Å²) in [4.78, 5) is 31.0. The molecule has 1 N–H and O–H groups in total. The largest absolute Gasteiger partial charge is 0.383 e. The Hall–Kier alpha value is -2.67. The number of aryl methyl sites for hydroxylation is 1. The van der Waals surface area contributed by atoms with E-state index in [1.807, 2.05) is 22.9 Å². The SMILES string of the molecule is COCCN1C(=O)c2cccn2CC1CNC(=O)c1cccnc1C. The first kappa shape index (κ1) is 17.2. The van der Waals surface area contributed by atoms with Crippen LogP contribution in [-0.4, -0.2) is 59.1 Å². The molecular formula is C18H22N4O3. The summed E-state index contributed by atoms with van der Waals surface area (Å²) >= 11 is 0. The molecule has 0 saturated heterocycles. The molecule has 3 heterocycles. The first-order chi connectivity index (χ1) is 12.1. The maximum absolute atomic E-state index is 12.7. The molecule has 1 aliphatic rings. The van der Waals surface area contributed by atoms with E-state index in [2.05, 4.69) is 10.3 Å². The van der Waals surface area contributed by atoms with E-state index in [1.165, 1.54) is 0 Å². The second-order valence-electron chi connectivity index (χ2n) is 6.04. The molecule has 7 heteroatoms. The molecule has 1 atom stereocenters. The first-order valence-electron chi connectivity index (χ1n) is 8.26. The monoisotopic (exact) mass is 342 g/mol. The highest BCUT2D eigenvalue weighted by Crippen LogP contribution is 2.18. The molecule has 2 aromatic rings. The predicted octanol–water partition coefficient (Wildman–Crippen LogP) is 1.09. The molecule has 0 spiro atoms. The van der Waals surface area contributed by atoms with Gasteiger partial charge in [0.2, 0.25) is 0 Å². The Morgan fingerprint density at radius 3 is 3.00 bits per heavy atom. The van der Waals surface area contributed by atoms with Gasteiger partial charge in [0.15, 0.2) is 0 Å². The van der Waals surface area contributed by atoms with Crippen LogP contribution < -0.4 is 5.32 Å². The highest BCUT2D eigenvalue weighted by atomic mass is 16.5. The topological polar surface area (TPSA) is 76.5 Å². The molecule has 1 unspecified atom stereocenters. The summed E-state index contributed by atoms with van der Waals surface area (Å²) in [5, 5.41) is 2.93. The van der Waals surface area contributed by atoms with Crippen LogP contribution in [0, 0.1) is 6.92 Å². The number of nitrogens with one attached hydrogen (secondary N) is 1. The summed E-state index contributed by atoms with van der Waals surface area (Å²) in [7, 11) is 1.61. The van der Waals surface area contributed by atoms with Gasteiger partial charge in [-0.1, -0.05) is 0 Å². The van der Waals surface area contributed by atoms with Crippen LogP contribution in [-0.2, 0) is 11.3 Å². The number of hydrogen-bond acceptors (Lipinski definition) is 4. The van der Waals surface area contributed by atoms with E-state index in [1.54, 1.807) is 37.3 Å². The molecule has 0 fully saturated rings. The van der Waals surface area contributed by atoms with E-state index in [4.69, 9.17) is 4.74 Å². The van der Waals surface area contributed by atoms with Crippen LogP contribution in [0.5, 0.6) is 0 Å². The number of ether oxygens (including phenoxy) is 1. The van der Waals surface area contributed by atoms with E-state index in [-0.39, 0.29) is 17.9 Å². The average Bonchev–Trinajstić information content (AvgIpc) is 3.08. The average molecular weight is 342 g/mol. The van der Waals surface area contributed by atoms with Gasteiger partial charge < -0.3 is 19.5 Å². The van der Waals surface area contributed by atoms with Gasteiger partial charge in [-0.2, -0.15) is 0 Å². The molecule has 25 heavy (non-hydrogen) atoms. The van der Waals surface area contributed by atoms with Crippen molar-refractivity contribution in [2.45, 2.75) is 19.5 Å². The predicted molar refractivity (Wildman–Crippen MR) is 92.4 cm³/mol. The Balaban J connectivity index is 1.72. The van der Waals surface area contributed by atoms with Crippen LogP contribution >= 0.6 is 0 Å². The van der Waals surface area contributed by atoms with Crippen molar-refractivity contribution in [3.8, 4) is 0 Å². The summed E-state index contributed by atoms with van der Waals surface area (Å²) in [6, 6.07) is 7.04. The van der Waals surface area contributed by atoms with Crippen molar-refractivity contribution >= 4 is 11.8 Å². The normalized spacial score (nSPS) is 16.6. The van der Waals surface area contributed by atoms with Gasteiger partial charge in [-0.05, 0) is 31.2 Å². The summed E-state index contributed by atoms with van der Waals surface area (Å²) in [5.41, 5.74) is 1.90. The number of carbonyl (C=O) groups is 2. The molecule has 3 rings (SSSR count). The Morgan fingerprint density at radius 1 is 1.40 bits per heavy atom. The number of hydrogen-bond donors (Lipinski definition) is 1. The molecule has 1 aliphatic heterocycles. The number of fused-ring (bicyclic) bond motifs is 1. The lowest BCUT2D eigenvalue weighted by atomic mass is 10.1. The smallest absolute Gasteiger partial charge is 0.270 e. The third-order valence-electron chi connectivity index (χ3n) is 4.44. The third-order valence-corrected chi connectivity index (χ3v) is 4.44. The fraction of sp³-hybridized carbons (Fsp3) is 0.389. The molecular weight excluding hydrogens is 320 g/mol. The number of rotatable bonds is 6. The van der Waals surface area contributed by atoms with Crippen molar-refractivity contribution in [3.63, 3.8) is 0 Å². The number of amides is 2. The van der Waals surface area contributed by atoms with E-state index < -0.39 is 0 Å². The third kappa shape index (κ3) is 3.56. The van der Waals surface area contributed by atoms with Crippen LogP contribution in [0.25, 0.3) is 0 Å². The van der Waals surface area contributed by atoms with Crippen LogP contribution in [0.3, 0.4) is 0 Å². The zero-order valence-electron chi connectivity index (χ0n) is 14.4. The Morgan fingerprint density at radius 2 is 2.24 bits per heavy atom. The summed E-state index contributed by atoms with van der Waals surface area (Å²) < 4.78 is 7.05. The number of methoxy groups -OCH3 is 1. The maximum Gasteiger partial charge on any atom is 0.270 e.